The number of hydrogen-bond donors (Lipinski definition) is 2. The number of thiophene rings is 1. The summed E-state index contributed by atoms with van der Waals surface area (Å²) in [6, 6.07) is 3.43. The van der Waals surface area contributed by atoms with E-state index in [1.165, 1.54) is 33.9 Å². The van der Waals surface area contributed by atoms with Crippen molar-refractivity contribution < 1.29 is 0 Å². The van der Waals surface area contributed by atoms with Crippen LogP contribution in [-0.2, 0) is 12.8 Å². The maximum atomic E-state index is 4.17. The first-order chi connectivity index (χ1) is 9.79. The lowest BCUT2D eigenvalue weighted by Gasteiger charge is -2.32. The van der Waals surface area contributed by atoms with E-state index in [0.717, 1.165) is 12.8 Å². The lowest BCUT2D eigenvalue weighted by atomic mass is 9.92. The summed E-state index contributed by atoms with van der Waals surface area (Å²) in [6.07, 6.45) is 6.69. The minimum atomic E-state index is 0.533. The van der Waals surface area contributed by atoms with E-state index in [2.05, 4.69) is 33.9 Å². The van der Waals surface area contributed by atoms with Gasteiger partial charge >= 0.3 is 0 Å². The molecular formula is C15H19N3S2. The number of nitrogens with one attached hydrogen (secondary N) is 2. The number of hydrogen-bond acceptors (Lipinski definition) is 4. The van der Waals surface area contributed by atoms with E-state index in [1.807, 2.05) is 29.3 Å². The van der Waals surface area contributed by atoms with Gasteiger partial charge in [-0.25, -0.2) is 0 Å². The largest absolute Gasteiger partial charge is 0.307 e. The second-order valence-electron chi connectivity index (χ2n) is 5.86. The van der Waals surface area contributed by atoms with E-state index in [9.17, 15) is 0 Å². The molecule has 20 heavy (non-hydrogen) atoms. The molecule has 0 amide bonds. The van der Waals surface area contributed by atoms with Crippen LogP contribution in [0.2, 0.25) is 0 Å². The Kier molecular flexibility index (Phi) is 3.36. The van der Waals surface area contributed by atoms with Crippen molar-refractivity contribution in [2.45, 2.75) is 54.1 Å². The van der Waals surface area contributed by atoms with Gasteiger partial charge in [0.2, 0.25) is 0 Å². The summed E-state index contributed by atoms with van der Waals surface area (Å²) in [5.74, 6) is 0. The number of aryl methyl sites for hydroxylation is 1. The molecule has 0 radical (unpaired) electrons. The van der Waals surface area contributed by atoms with Crippen LogP contribution in [0.4, 0.5) is 0 Å². The van der Waals surface area contributed by atoms with Gasteiger partial charge in [-0.2, -0.15) is 5.10 Å². The smallest absolute Gasteiger partial charge is 0.0649 e. The Morgan fingerprint density at radius 3 is 3.35 bits per heavy atom. The molecule has 2 aromatic rings. The summed E-state index contributed by atoms with van der Waals surface area (Å²) in [5, 5.41) is 14.2. The second kappa shape index (κ2) is 5.20. The highest BCUT2D eigenvalue weighted by Gasteiger charge is 2.29. The van der Waals surface area contributed by atoms with Crippen LogP contribution < -0.4 is 5.32 Å². The third-order valence-electron chi connectivity index (χ3n) is 4.36. The third kappa shape index (κ3) is 2.32. The monoisotopic (exact) mass is 305 g/mol. The van der Waals surface area contributed by atoms with Crippen molar-refractivity contribution in [2.75, 3.05) is 0 Å². The standard InChI is InChI=1S/C15H19N3S2/c1-9-6-14(12-4-5-19-15(12)20-9)17-11-2-3-13-10(7-11)8-16-18-13/h4-5,8-9,11,14,17H,2-3,6-7H2,1H3,(H,16,18)/t9-,11+,14+/m0/s1. The first kappa shape index (κ1) is 12.9. The highest BCUT2D eigenvalue weighted by Crippen LogP contribution is 2.44. The van der Waals surface area contributed by atoms with Crippen molar-refractivity contribution in [3.8, 4) is 0 Å². The summed E-state index contributed by atoms with van der Waals surface area (Å²) < 4.78 is 1.51. The fourth-order valence-electron chi connectivity index (χ4n) is 3.35. The summed E-state index contributed by atoms with van der Waals surface area (Å²) in [5.41, 5.74) is 4.26. The highest BCUT2D eigenvalue weighted by molar-refractivity contribution is 8.01. The predicted octanol–water partition coefficient (Wildman–Crippen LogP) is 3.54. The van der Waals surface area contributed by atoms with E-state index in [1.54, 1.807) is 0 Å². The van der Waals surface area contributed by atoms with E-state index < -0.39 is 0 Å². The first-order valence-electron chi connectivity index (χ1n) is 7.31. The molecule has 0 saturated heterocycles. The van der Waals surface area contributed by atoms with Gasteiger partial charge in [0.1, 0.15) is 0 Å². The molecule has 106 valence electrons. The molecule has 2 N–H and O–H groups in total. The van der Waals surface area contributed by atoms with Crippen LogP contribution in [0, 0.1) is 0 Å². The number of fused-ring (bicyclic) bond motifs is 2. The third-order valence-corrected chi connectivity index (χ3v) is 6.71. The maximum Gasteiger partial charge on any atom is 0.0649 e. The number of H-pyrrole nitrogens is 1. The van der Waals surface area contributed by atoms with Gasteiger partial charge < -0.3 is 5.32 Å². The normalized spacial score (nSPS) is 28.9. The van der Waals surface area contributed by atoms with Gasteiger partial charge in [-0.05, 0) is 48.3 Å². The molecule has 0 unspecified atom stereocenters. The van der Waals surface area contributed by atoms with Crippen molar-refractivity contribution in [3.63, 3.8) is 0 Å². The maximum absolute atomic E-state index is 4.17. The second-order valence-corrected chi connectivity index (χ2v) is 8.48. The zero-order chi connectivity index (χ0) is 13.5. The van der Waals surface area contributed by atoms with Crippen molar-refractivity contribution in [3.05, 3.63) is 34.5 Å². The van der Waals surface area contributed by atoms with Crippen LogP contribution >= 0.6 is 23.1 Å². The minimum absolute atomic E-state index is 0.533. The van der Waals surface area contributed by atoms with Crippen molar-refractivity contribution >= 4 is 23.1 Å². The molecule has 3 atom stereocenters. The molecule has 0 bridgehead atoms. The Hall–Kier alpha value is -0.780. The number of thioether (sulfide) groups is 1. The SMILES string of the molecule is C[C@H]1C[C@@H](N[C@@H]2CCc3[nH]ncc3C2)c2ccsc2S1. The fourth-order valence-corrected chi connectivity index (χ4v) is 5.92. The lowest BCUT2D eigenvalue weighted by molar-refractivity contribution is 0.379. The number of aromatic nitrogens is 2. The lowest BCUT2D eigenvalue weighted by Crippen LogP contribution is -2.38. The molecule has 3 heterocycles. The first-order valence-corrected chi connectivity index (χ1v) is 9.06. The molecule has 4 rings (SSSR count). The average Bonchev–Trinajstić information content (AvgIpc) is 3.05. The average molecular weight is 305 g/mol. The van der Waals surface area contributed by atoms with Crippen LogP contribution in [-0.4, -0.2) is 21.5 Å². The highest BCUT2D eigenvalue weighted by atomic mass is 32.2. The zero-order valence-electron chi connectivity index (χ0n) is 11.6. The summed E-state index contributed by atoms with van der Waals surface area (Å²) in [6.45, 7) is 2.34. The van der Waals surface area contributed by atoms with E-state index in [-0.39, 0.29) is 0 Å². The molecule has 0 spiro atoms. The molecule has 2 aromatic heterocycles. The quantitative estimate of drug-likeness (QED) is 0.891. The molecule has 3 nitrogen and oxygen atoms in total. The van der Waals surface area contributed by atoms with Crippen molar-refractivity contribution in [1.82, 2.24) is 15.5 Å². The van der Waals surface area contributed by atoms with E-state index in [0.29, 0.717) is 17.3 Å². The number of aromatic amines is 1. The zero-order valence-corrected chi connectivity index (χ0v) is 13.2. The molecule has 1 aliphatic heterocycles. The molecule has 2 aliphatic rings. The summed E-state index contributed by atoms with van der Waals surface area (Å²) >= 11 is 3.93. The van der Waals surface area contributed by atoms with Gasteiger partial charge in [0.15, 0.2) is 0 Å². The van der Waals surface area contributed by atoms with E-state index in [4.69, 9.17) is 0 Å². The molecule has 0 fully saturated rings. The molecule has 5 heteroatoms. The summed E-state index contributed by atoms with van der Waals surface area (Å²) in [4.78, 5) is 0. The van der Waals surface area contributed by atoms with Crippen LogP contribution in [0.15, 0.2) is 21.9 Å². The van der Waals surface area contributed by atoms with Crippen LogP contribution in [0.5, 0.6) is 0 Å². The molecule has 0 saturated carbocycles. The van der Waals surface area contributed by atoms with Gasteiger partial charge in [0, 0.05) is 23.0 Å². The van der Waals surface area contributed by atoms with Gasteiger partial charge in [0.05, 0.1) is 10.4 Å². The number of nitrogens with zero attached hydrogens (tertiary/aromatic N) is 1. The van der Waals surface area contributed by atoms with Crippen LogP contribution in [0.1, 0.15) is 42.6 Å². The van der Waals surface area contributed by atoms with Crippen molar-refractivity contribution in [1.29, 1.82) is 0 Å². The Morgan fingerprint density at radius 2 is 2.40 bits per heavy atom. The Morgan fingerprint density at radius 1 is 1.45 bits per heavy atom. The summed E-state index contributed by atoms with van der Waals surface area (Å²) in [7, 11) is 0. The molecule has 0 aromatic carbocycles. The van der Waals surface area contributed by atoms with Gasteiger partial charge in [-0.15, -0.1) is 23.1 Å². The molecular weight excluding hydrogens is 286 g/mol. The van der Waals surface area contributed by atoms with Gasteiger partial charge in [0.25, 0.3) is 0 Å². The minimum Gasteiger partial charge on any atom is -0.307 e. The fraction of sp³-hybridized carbons (Fsp3) is 0.533. The predicted molar refractivity (Wildman–Crippen MR) is 84.5 cm³/mol. The van der Waals surface area contributed by atoms with Crippen molar-refractivity contribution in [2.24, 2.45) is 0 Å². The van der Waals surface area contributed by atoms with Crippen LogP contribution in [0.3, 0.4) is 0 Å². The Labute approximate surface area is 127 Å². The number of rotatable bonds is 2. The topological polar surface area (TPSA) is 40.7 Å². The Bertz CT molecular complexity index is 604. The van der Waals surface area contributed by atoms with Crippen LogP contribution in [0.25, 0.3) is 0 Å². The molecule has 1 aliphatic carbocycles. The van der Waals surface area contributed by atoms with Gasteiger partial charge in [-0.1, -0.05) is 6.92 Å². The van der Waals surface area contributed by atoms with Gasteiger partial charge in [-0.3, -0.25) is 5.10 Å². The van der Waals surface area contributed by atoms with E-state index >= 15 is 0 Å². The Balaban J connectivity index is 1.51.